The molecular weight excluding hydrogens is 137 g/mol. The molecule has 0 saturated heterocycles. The fraction of sp³-hybridized carbons (Fsp3) is 1.00. The second kappa shape index (κ2) is 4.04. The van der Waals surface area contributed by atoms with Gasteiger partial charge in [-0.2, -0.15) is 0 Å². The Morgan fingerprint density at radius 3 is 2.00 bits per heavy atom. The summed E-state index contributed by atoms with van der Waals surface area (Å²) in [6, 6.07) is 0. The molecule has 9 heavy (non-hydrogen) atoms. The molecule has 3 nitrogen and oxygen atoms in total. The first kappa shape index (κ1) is 9.15. The molecule has 0 aromatic rings. The van der Waals surface area contributed by atoms with Gasteiger partial charge in [0.15, 0.2) is 0 Å². The van der Waals surface area contributed by atoms with Crippen LogP contribution in [0.3, 0.4) is 0 Å². The van der Waals surface area contributed by atoms with Crippen LogP contribution in [0.2, 0.25) is 0 Å². The largest absolute Gasteiger partial charge is 0.313 e. The van der Waals surface area contributed by atoms with Gasteiger partial charge in [-0.1, -0.05) is 13.8 Å². The molecule has 0 aliphatic heterocycles. The Bertz CT molecular complexity index is 108. The van der Waals surface area contributed by atoms with E-state index in [4.69, 9.17) is 10.3 Å². The van der Waals surface area contributed by atoms with E-state index >= 15 is 0 Å². The first-order chi connectivity index (χ1) is 4.18. The van der Waals surface area contributed by atoms with E-state index in [1.54, 1.807) is 0 Å². The molecule has 0 aromatic heterocycles. The fourth-order valence-corrected chi connectivity index (χ4v) is 1.63. The van der Waals surface area contributed by atoms with Crippen molar-refractivity contribution in [1.82, 2.24) is 0 Å². The van der Waals surface area contributed by atoms with Crippen LogP contribution in [0.15, 0.2) is 0 Å². The van der Waals surface area contributed by atoms with Crippen molar-refractivity contribution in [2.75, 3.05) is 19.1 Å². The van der Waals surface area contributed by atoms with Crippen LogP contribution in [0.4, 0.5) is 0 Å². The first-order valence-electron chi connectivity index (χ1n) is 3.11. The van der Waals surface area contributed by atoms with Crippen molar-refractivity contribution in [1.29, 1.82) is 0 Å². The molecule has 0 saturated carbocycles. The molecule has 0 fully saturated rings. The lowest BCUT2D eigenvalue weighted by atomic mass is 11.0. The zero-order valence-electron chi connectivity index (χ0n) is 5.96. The van der Waals surface area contributed by atoms with Crippen LogP contribution in [0.5, 0.6) is 0 Å². The summed E-state index contributed by atoms with van der Waals surface area (Å²) in [4.78, 5) is 0. The molecule has 0 aliphatic carbocycles. The molecule has 0 rings (SSSR count). The van der Waals surface area contributed by atoms with Gasteiger partial charge in [-0.3, -0.25) is 4.57 Å². The molecule has 0 aliphatic rings. The molecule has 0 spiro atoms. The van der Waals surface area contributed by atoms with Gasteiger partial charge in [0.05, 0.1) is 0 Å². The van der Waals surface area contributed by atoms with Crippen molar-refractivity contribution in [2.45, 2.75) is 13.8 Å². The topological polar surface area (TPSA) is 52.3 Å². The van der Waals surface area contributed by atoms with Gasteiger partial charge in [0.2, 0.25) is 7.37 Å². The van der Waals surface area contributed by atoms with Gasteiger partial charge in [0.1, 0.15) is 6.73 Å². The molecule has 4 heteroatoms. The van der Waals surface area contributed by atoms with Crippen LogP contribution in [-0.2, 0) is 9.09 Å². The van der Waals surface area contributed by atoms with Gasteiger partial charge in [0, 0.05) is 12.3 Å². The average Bonchev–Trinajstić information content (AvgIpc) is 1.89. The summed E-state index contributed by atoms with van der Waals surface area (Å²) in [5.41, 5.74) is 5.07. The average molecular weight is 151 g/mol. The minimum Gasteiger partial charge on any atom is -0.313 e. The normalized spacial score (nSPS) is 11.9. The Hall–Kier alpha value is 0.150. The van der Waals surface area contributed by atoms with Gasteiger partial charge in [-0.15, -0.1) is 0 Å². The zero-order chi connectivity index (χ0) is 7.33. The van der Waals surface area contributed by atoms with Gasteiger partial charge < -0.3 is 10.3 Å². The zero-order valence-corrected chi connectivity index (χ0v) is 6.86. The molecule has 0 aromatic carbocycles. The van der Waals surface area contributed by atoms with Crippen LogP contribution in [0.25, 0.3) is 0 Å². The third kappa shape index (κ3) is 2.99. The molecule has 0 bridgehead atoms. The number of hydrogen-bond donors (Lipinski definition) is 1. The molecule has 0 unspecified atom stereocenters. The summed E-state index contributed by atoms with van der Waals surface area (Å²) in [5, 5.41) is 0. The summed E-state index contributed by atoms with van der Waals surface area (Å²) >= 11 is 0. The highest BCUT2D eigenvalue weighted by Gasteiger charge is 2.15. The smallest absolute Gasteiger partial charge is 0.203 e. The summed E-state index contributed by atoms with van der Waals surface area (Å²) in [7, 11) is -2.31. The monoisotopic (exact) mass is 151 g/mol. The predicted octanol–water partition coefficient (Wildman–Crippen LogP) is 1.24. The summed E-state index contributed by atoms with van der Waals surface area (Å²) in [6.07, 6.45) is 1.17. The van der Waals surface area contributed by atoms with Gasteiger partial charge >= 0.3 is 0 Å². The van der Waals surface area contributed by atoms with Crippen molar-refractivity contribution < 1.29 is 9.09 Å². The Morgan fingerprint density at radius 1 is 1.44 bits per heavy atom. The predicted molar refractivity (Wildman–Crippen MR) is 38.8 cm³/mol. The third-order valence-corrected chi connectivity index (χ3v) is 3.82. The van der Waals surface area contributed by atoms with Crippen molar-refractivity contribution >= 4 is 7.37 Å². The SMILES string of the molecule is CCP(=O)(CC)OCN. The van der Waals surface area contributed by atoms with Crippen LogP contribution < -0.4 is 5.73 Å². The summed E-state index contributed by atoms with van der Waals surface area (Å²) in [6.45, 7) is 3.76. The maximum Gasteiger partial charge on any atom is 0.203 e. The lowest BCUT2D eigenvalue weighted by Gasteiger charge is -2.11. The highest BCUT2D eigenvalue weighted by atomic mass is 31.2. The van der Waals surface area contributed by atoms with E-state index in [1.165, 1.54) is 0 Å². The van der Waals surface area contributed by atoms with E-state index in [2.05, 4.69) is 0 Å². The van der Waals surface area contributed by atoms with Crippen LogP contribution >= 0.6 is 7.37 Å². The van der Waals surface area contributed by atoms with E-state index < -0.39 is 7.37 Å². The van der Waals surface area contributed by atoms with Gasteiger partial charge in [-0.25, -0.2) is 0 Å². The summed E-state index contributed by atoms with van der Waals surface area (Å²) < 4.78 is 16.1. The fourth-order valence-electron chi connectivity index (χ4n) is 0.542. The first-order valence-corrected chi connectivity index (χ1v) is 5.10. The standard InChI is InChI=1S/C5H14NO2P/c1-3-9(7,4-2)8-5-6/h3-6H2,1-2H3. The van der Waals surface area contributed by atoms with Crippen LogP contribution in [-0.4, -0.2) is 19.1 Å². The third-order valence-electron chi connectivity index (χ3n) is 1.27. The molecule has 2 N–H and O–H groups in total. The van der Waals surface area contributed by atoms with E-state index in [0.29, 0.717) is 12.3 Å². The second-order valence-corrected chi connectivity index (χ2v) is 4.89. The van der Waals surface area contributed by atoms with Crippen LogP contribution in [0.1, 0.15) is 13.8 Å². The number of nitrogens with two attached hydrogens (primary N) is 1. The van der Waals surface area contributed by atoms with E-state index in [-0.39, 0.29) is 6.73 Å². The molecule has 56 valence electrons. The lowest BCUT2D eigenvalue weighted by Crippen LogP contribution is -2.05. The van der Waals surface area contributed by atoms with Crippen molar-refractivity contribution in [3.8, 4) is 0 Å². The molecular formula is C5H14NO2P. The molecule has 0 radical (unpaired) electrons. The number of hydrogen-bond acceptors (Lipinski definition) is 3. The van der Waals surface area contributed by atoms with Crippen molar-refractivity contribution in [2.24, 2.45) is 5.73 Å². The van der Waals surface area contributed by atoms with Crippen molar-refractivity contribution in [3.63, 3.8) is 0 Å². The minimum absolute atomic E-state index is 0.0684. The quantitative estimate of drug-likeness (QED) is 0.485. The maximum atomic E-state index is 11.2. The second-order valence-electron chi connectivity index (χ2n) is 1.74. The Labute approximate surface area is 56.0 Å². The van der Waals surface area contributed by atoms with Crippen molar-refractivity contribution in [3.05, 3.63) is 0 Å². The highest BCUT2D eigenvalue weighted by molar-refractivity contribution is 7.58. The molecule has 0 heterocycles. The van der Waals surface area contributed by atoms with Crippen LogP contribution in [0, 0.1) is 0 Å². The summed E-state index contributed by atoms with van der Waals surface area (Å²) in [5.74, 6) is 0. The Morgan fingerprint density at radius 2 is 1.89 bits per heavy atom. The van der Waals surface area contributed by atoms with Gasteiger partial charge in [-0.05, 0) is 0 Å². The molecule has 0 atom stereocenters. The van der Waals surface area contributed by atoms with Gasteiger partial charge in [0.25, 0.3) is 0 Å². The van der Waals surface area contributed by atoms with E-state index in [1.807, 2.05) is 13.8 Å². The van der Waals surface area contributed by atoms with E-state index in [0.717, 1.165) is 0 Å². The number of rotatable bonds is 4. The molecule has 0 amide bonds. The highest BCUT2D eigenvalue weighted by Crippen LogP contribution is 2.44. The lowest BCUT2D eigenvalue weighted by molar-refractivity contribution is 0.325. The Balaban J connectivity index is 3.78. The maximum absolute atomic E-state index is 11.2. The minimum atomic E-state index is -2.31. The Kier molecular flexibility index (Phi) is 4.11. The van der Waals surface area contributed by atoms with E-state index in [9.17, 15) is 4.57 Å².